The zero-order chi connectivity index (χ0) is 12.0. The van der Waals surface area contributed by atoms with Crippen LogP contribution < -0.4 is 0 Å². The minimum atomic E-state index is -1.57. The number of hydrogen-bond acceptors (Lipinski definition) is 7. The van der Waals surface area contributed by atoms with E-state index in [-0.39, 0.29) is 6.61 Å². The quantitative estimate of drug-likeness (QED) is 0.277. The van der Waals surface area contributed by atoms with Crippen LogP contribution in [0.25, 0.3) is 0 Å². The molecule has 0 aromatic heterocycles. The molecule has 0 spiro atoms. The van der Waals surface area contributed by atoms with Gasteiger partial charge < -0.3 is 35.4 Å². The van der Waals surface area contributed by atoms with Crippen LogP contribution in [-0.2, 0) is 4.74 Å². The average molecular weight is 226 g/mol. The maximum Gasteiger partial charge on any atom is 0.184 e. The van der Waals surface area contributed by atoms with Gasteiger partial charge in [0.05, 0.1) is 6.61 Å². The Kier molecular flexibility index (Phi) is 6.94. The van der Waals surface area contributed by atoms with Gasteiger partial charge in [0, 0.05) is 6.61 Å². The van der Waals surface area contributed by atoms with Crippen LogP contribution in [0.2, 0.25) is 0 Å². The molecule has 0 aliphatic carbocycles. The molecule has 1 fully saturated rings. The van der Waals surface area contributed by atoms with Crippen molar-refractivity contribution in [3.63, 3.8) is 0 Å². The van der Waals surface area contributed by atoms with Gasteiger partial charge in [0.2, 0.25) is 0 Å². The van der Waals surface area contributed by atoms with E-state index < -0.39 is 37.3 Å². The van der Waals surface area contributed by atoms with Crippen molar-refractivity contribution in [3.8, 4) is 0 Å². The molecule has 1 saturated heterocycles. The predicted octanol–water partition coefficient (Wildman–Crippen LogP) is -3.22. The summed E-state index contributed by atoms with van der Waals surface area (Å²) in [5.41, 5.74) is 0. The van der Waals surface area contributed by atoms with Gasteiger partial charge in [0.1, 0.15) is 24.4 Å². The molecule has 15 heavy (non-hydrogen) atoms. The first-order chi connectivity index (χ1) is 6.99. The average Bonchev–Trinajstić information content (AvgIpc) is 2.21. The maximum atomic E-state index is 9.12. The SMILES string of the molecule is CCO.OC[C@H]1O[C@H](O)[C@@H](O)[C@@H](O)[C@@H]1O. The second-order valence-electron chi connectivity index (χ2n) is 3.04. The summed E-state index contributed by atoms with van der Waals surface area (Å²) in [5, 5.41) is 52.2. The molecular formula is C8H18O7. The van der Waals surface area contributed by atoms with E-state index in [9.17, 15) is 0 Å². The van der Waals surface area contributed by atoms with Crippen molar-refractivity contribution in [3.05, 3.63) is 0 Å². The standard InChI is InChI=1S/C6H12O6.C2H6O/c7-1-2-3(8)4(9)5(10)6(11)12-2;1-2-3/h2-11H,1H2;3H,2H2,1H3/t2-,3-,4+,5+,6+;/m1./s1. The Hall–Kier alpha value is -0.280. The van der Waals surface area contributed by atoms with E-state index in [4.69, 9.17) is 30.6 Å². The molecule has 0 aromatic rings. The number of rotatable bonds is 1. The second-order valence-corrected chi connectivity index (χ2v) is 3.04. The van der Waals surface area contributed by atoms with Crippen molar-refractivity contribution in [1.29, 1.82) is 0 Å². The minimum absolute atomic E-state index is 0.250. The molecule has 1 rings (SSSR count). The van der Waals surface area contributed by atoms with Crippen LogP contribution in [0.3, 0.4) is 0 Å². The van der Waals surface area contributed by atoms with Gasteiger partial charge >= 0.3 is 0 Å². The molecule has 0 aromatic carbocycles. The van der Waals surface area contributed by atoms with E-state index in [0.29, 0.717) is 0 Å². The van der Waals surface area contributed by atoms with Crippen molar-refractivity contribution >= 4 is 0 Å². The molecule has 7 heteroatoms. The predicted molar refractivity (Wildman–Crippen MR) is 48.7 cm³/mol. The Morgan fingerprint density at radius 2 is 1.40 bits per heavy atom. The summed E-state index contributed by atoms with van der Waals surface area (Å²) in [7, 11) is 0. The van der Waals surface area contributed by atoms with Gasteiger partial charge in [0.15, 0.2) is 6.29 Å². The molecular weight excluding hydrogens is 208 g/mol. The molecule has 0 radical (unpaired) electrons. The topological polar surface area (TPSA) is 131 Å². The lowest BCUT2D eigenvalue weighted by Gasteiger charge is -2.37. The molecule has 5 atom stereocenters. The van der Waals surface area contributed by atoms with Crippen LogP contribution in [0.5, 0.6) is 0 Å². The zero-order valence-corrected chi connectivity index (χ0v) is 8.39. The molecule has 0 amide bonds. The molecule has 0 unspecified atom stereocenters. The van der Waals surface area contributed by atoms with E-state index >= 15 is 0 Å². The minimum Gasteiger partial charge on any atom is -0.397 e. The molecule has 1 aliphatic heterocycles. The van der Waals surface area contributed by atoms with Crippen LogP contribution in [0, 0.1) is 0 Å². The van der Waals surface area contributed by atoms with Gasteiger partial charge in [-0.25, -0.2) is 0 Å². The van der Waals surface area contributed by atoms with Crippen molar-refractivity contribution in [2.24, 2.45) is 0 Å². The van der Waals surface area contributed by atoms with Gasteiger partial charge in [-0.15, -0.1) is 0 Å². The van der Waals surface area contributed by atoms with E-state index in [1.807, 2.05) is 0 Å². The Morgan fingerprint density at radius 3 is 1.80 bits per heavy atom. The van der Waals surface area contributed by atoms with Crippen LogP contribution in [0.4, 0.5) is 0 Å². The lowest BCUT2D eigenvalue weighted by Crippen LogP contribution is -2.58. The zero-order valence-electron chi connectivity index (χ0n) is 8.39. The molecule has 1 aliphatic rings. The molecule has 6 N–H and O–H groups in total. The fraction of sp³-hybridized carbons (Fsp3) is 1.00. The van der Waals surface area contributed by atoms with Crippen molar-refractivity contribution in [2.75, 3.05) is 13.2 Å². The Labute approximate surface area is 87.2 Å². The Morgan fingerprint density at radius 1 is 0.933 bits per heavy atom. The number of ether oxygens (including phenoxy) is 1. The van der Waals surface area contributed by atoms with Gasteiger partial charge in [-0.05, 0) is 6.92 Å². The van der Waals surface area contributed by atoms with Crippen molar-refractivity contribution in [2.45, 2.75) is 37.6 Å². The van der Waals surface area contributed by atoms with E-state index in [0.717, 1.165) is 0 Å². The largest absolute Gasteiger partial charge is 0.397 e. The lowest BCUT2D eigenvalue weighted by atomic mass is 10.00. The van der Waals surface area contributed by atoms with Crippen molar-refractivity contribution in [1.82, 2.24) is 0 Å². The molecule has 92 valence electrons. The first-order valence-corrected chi connectivity index (χ1v) is 4.59. The van der Waals surface area contributed by atoms with Gasteiger partial charge in [0.25, 0.3) is 0 Å². The highest BCUT2D eigenvalue weighted by Crippen LogP contribution is 2.18. The second kappa shape index (κ2) is 7.07. The fourth-order valence-corrected chi connectivity index (χ4v) is 1.08. The summed E-state index contributed by atoms with van der Waals surface area (Å²) in [5.74, 6) is 0. The first kappa shape index (κ1) is 14.7. The fourth-order valence-electron chi connectivity index (χ4n) is 1.08. The van der Waals surface area contributed by atoms with Crippen molar-refractivity contribution < 1.29 is 35.4 Å². The molecule has 1 heterocycles. The van der Waals surface area contributed by atoms with Crippen LogP contribution in [-0.4, -0.2) is 74.6 Å². The normalized spacial score (nSPS) is 40.6. The molecule has 7 nitrogen and oxygen atoms in total. The number of hydrogen-bond donors (Lipinski definition) is 6. The Bertz CT molecular complexity index is 160. The summed E-state index contributed by atoms with van der Waals surface area (Å²) in [6.07, 6.45) is -7.04. The highest BCUT2D eigenvalue weighted by molar-refractivity contribution is 4.87. The van der Waals surface area contributed by atoms with Gasteiger partial charge in [-0.2, -0.15) is 0 Å². The monoisotopic (exact) mass is 226 g/mol. The van der Waals surface area contributed by atoms with E-state index in [1.54, 1.807) is 6.92 Å². The van der Waals surface area contributed by atoms with E-state index in [2.05, 4.69) is 4.74 Å². The maximum absolute atomic E-state index is 9.12. The third kappa shape index (κ3) is 3.99. The molecule has 0 bridgehead atoms. The summed E-state index contributed by atoms with van der Waals surface area (Å²) in [6.45, 7) is 1.40. The third-order valence-corrected chi connectivity index (χ3v) is 1.87. The summed E-state index contributed by atoms with van der Waals surface area (Å²) >= 11 is 0. The first-order valence-electron chi connectivity index (χ1n) is 4.59. The Balaban J connectivity index is 0.000000583. The molecule has 0 saturated carbocycles. The summed E-state index contributed by atoms with van der Waals surface area (Å²) in [4.78, 5) is 0. The summed E-state index contributed by atoms with van der Waals surface area (Å²) in [6, 6.07) is 0. The highest BCUT2D eigenvalue weighted by atomic mass is 16.6. The third-order valence-electron chi connectivity index (χ3n) is 1.87. The van der Waals surface area contributed by atoms with Crippen LogP contribution in [0.1, 0.15) is 6.92 Å². The number of aliphatic hydroxyl groups is 6. The number of aliphatic hydroxyl groups excluding tert-OH is 6. The smallest absolute Gasteiger partial charge is 0.184 e. The van der Waals surface area contributed by atoms with Gasteiger partial charge in [-0.3, -0.25) is 0 Å². The van der Waals surface area contributed by atoms with E-state index in [1.165, 1.54) is 0 Å². The van der Waals surface area contributed by atoms with Crippen LogP contribution in [0.15, 0.2) is 0 Å². The van der Waals surface area contributed by atoms with Crippen LogP contribution >= 0.6 is 0 Å². The summed E-state index contributed by atoms with van der Waals surface area (Å²) < 4.78 is 4.58. The lowest BCUT2D eigenvalue weighted by molar-refractivity contribution is -0.286. The highest BCUT2D eigenvalue weighted by Gasteiger charge is 2.42. The van der Waals surface area contributed by atoms with Gasteiger partial charge in [-0.1, -0.05) is 0 Å².